The number of benzene rings is 1. The third-order valence-corrected chi connectivity index (χ3v) is 3.58. The maximum absolute atomic E-state index is 12.2. The molecule has 0 bridgehead atoms. The Morgan fingerprint density at radius 1 is 1.39 bits per heavy atom. The summed E-state index contributed by atoms with van der Waals surface area (Å²) < 4.78 is 0. The summed E-state index contributed by atoms with van der Waals surface area (Å²) in [6.45, 7) is 6.25. The molecule has 0 unspecified atom stereocenters. The Morgan fingerprint density at radius 3 is 2.44 bits per heavy atom. The van der Waals surface area contributed by atoms with E-state index in [2.05, 4.69) is 5.32 Å². The molecule has 0 aliphatic carbocycles. The number of aromatic hydroxyl groups is 1. The highest BCUT2D eigenvalue weighted by Crippen LogP contribution is 2.18. The normalized spacial score (nSPS) is 11.3. The fourth-order valence-corrected chi connectivity index (χ4v) is 1.98. The van der Waals surface area contributed by atoms with Gasteiger partial charge in [-0.2, -0.15) is 0 Å². The molecule has 4 heteroatoms. The van der Waals surface area contributed by atoms with E-state index in [1.807, 2.05) is 13.8 Å². The first-order valence-corrected chi connectivity index (χ1v) is 6.30. The van der Waals surface area contributed by atoms with Gasteiger partial charge in [0.05, 0.1) is 5.54 Å². The van der Waals surface area contributed by atoms with Crippen molar-refractivity contribution in [1.82, 2.24) is 5.32 Å². The van der Waals surface area contributed by atoms with Crippen LogP contribution in [0.5, 0.6) is 5.75 Å². The van der Waals surface area contributed by atoms with Crippen LogP contribution in [0, 0.1) is 6.92 Å². The van der Waals surface area contributed by atoms with Crippen molar-refractivity contribution in [2.75, 3.05) is 6.54 Å². The smallest absolute Gasteiger partial charge is 0.252 e. The number of carbonyl (C=O) groups is 1. The summed E-state index contributed by atoms with van der Waals surface area (Å²) in [4.78, 5) is 12.2. The van der Waals surface area contributed by atoms with Crippen molar-refractivity contribution in [3.05, 3.63) is 29.3 Å². The predicted octanol–water partition coefficient (Wildman–Crippen LogP) is 1.95. The second-order valence-electron chi connectivity index (χ2n) is 4.64. The molecule has 18 heavy (non-hydrogen) atoms. The van der Waals surface area contributed by atoms with Crippen molar-refractivity contribution in [1.29, 1.82) is 0 Å². The number of rotatable bonds is 5. The minimum atomic E-state index is -0.346. The summed E-state index contributed by atoms with van der Waals surface area (Å²) in [5, 5.41) is 12.3. The first kappa shape index (κ1) is 14.5. The van der Waals surface area contributed by atoms with E-state index >= 15 is 0 Å². The molecule has 0 spiro atoms. The fraction of sp³-hybridized carbons (Fsp3) is 0.500. The Kier molecular flexibility index (Phi) is 4.73. The number of nitrogens with two attached hydrogens (primary N) is 1. The molecule has 0 saturated heterocycles. The highest BCUT2D eigenvalue weighted by Gasteiger charge is 2.27. The van der Waals surface area contributed by atoms with Gasteiger partial charge in [0, 0.05) is 12.1 Å². The van der Waals surface area contributed by atoms with E-state index in [-0.39, 0.29) is 17.2 Å². The predicted molar refractivity (Wildman–Crippen MR) is 72.7 cm³/mol. The van der Waals surface area contributed by atoms with Gasteiger partial charge in [0.25, 0.3) is 5.91 Å². The Bertz CT molecular complexity index is 418. The number of nitrogens with one attached hydrogen (secondary N) is 1. The zero-order chi connectivity index (χ0) is 13.8. The van der Waals surface area contributed by atoms with Crippen molar-refractivity contribution in [3.8, 4) is 5.75 Å². The number of hydrogen-bond donors (Lipinski definition) is 3. The minimum Gasteiger partial charge on any atom is -0.508 e. The summed E-state index contributed by atoms with van der Waals surface area (Å²) in [5.41, 5.74) is 6.75. The molecule has 0 saturated carbocycles. The van der Waals surface area contributed by atoms with Gasteiger partial charge in [0.1, 0.15) is 5.75 Å². The topological polar surface area (TPSA) is 75.3 Å². The standard InChI is InChI=1S/C14H22N2O2/c1-4-14(5-2,9-15)16-13(18)12-7-6-11(17)8-10(12)3/h6-8,17H,4-5,9,15H2,1-3H3,(H,16,18). The largest absolute Gasteiger partial charge is 0.508 e. The monoisotopic (exact) mass is 250 g/mol. The number of carbonyl (C=O) groups excluding carboxylic acids is 1. The molecule has 1 aromatic rings. The van der Waals surface area contributed by atoms with Gasteiger partial charge in [-0.1, -0.05) is 13.8 Å². The van der Waals surface area contributed by atoms with Gasteiger partial charge in [-0.3, -0.25) is 4.79 Å². The van der Waals surface area contributed by atoms with Crippen LogP contribution in [0.15, 0.2) is 18.2 Å². The van der Waals surface area contributed by atoms with Gasteiger partial charge in [0.2, 0.25) is 0 Å². The van der Waals surface area contributed by atoms with Crippen LogP contribution in [0.25, 0.3) is 0 Å². The Labute approximate surface area is 108 Å². The Morgan fingerprint density at radius 2 is 2.00 bits per heavy atom. The first-order valence-electron chi connectivity index (χ1n) is 6.30. The SMILES string of the molecule is CCC(CC)(CN)NC(=O)c1ccc(O)cc1C. The molecule has 1 amide bonds. The fourth-order valence-electron chi connectivity index (χ4n) is 1.98. The van der Waals surface area contributed by atoms with Gasteiger partial charge in [-0.15, -0.1) is 0 Å². The summed E-state index contributed by atoms with van der Waals surface area (Å²) >= 11 is 0. The second kappa shape index (κ2) is 5.87. The lowest BCUT2D eigenvalue weighted by molar-refractivity contribution is 0.0894. The van der Waals surface area contributed by atoms with Crippen molar-refractivity contribution in [2.24, 2.45) is 5.73 Å². The van der Waals surface area contributed by atoms with E-state index in [0.29, 0.717) is 12.1 Å². The van der Waals surface area contributed by atoms with Crippen LogP contribution in [0.2, 0.25) is 0 Å². The van der Waals surface area contributed by atoms with E-state index in [9.17, 15) is 9.90 Å². The summed E-state index contributed by atoms with van der Waals surface area (Å²) in [7, 11) is 0. The van der Waals surface area contributed by atoms with E-state index < -0.39 is 0 Å². The van der Waals surface area contributed by atoms with Gasteiger partial charge in [0.15, 0.2) is 0 Å². The second-order valence-corrected chi connectivity index (χ2v) is 4.64. The molecule has 4 N–H and O–H groups in total. The number of amides is 1. The van der Waals surface area contributed by atoms with Gasteiger partial charge in [-0.05, 0) is 43.5 Å². The van der Waals surface area contributed by atoms with Crippen LogP contribution in [0.4, 0.5) is 0 Å². The number of aryl methyl sites for hydroxylation is 1. The van der Waals surface area contributed by atoms with Crippen LogP contribution in [0.1, 0.15) is 42.6 Å². The number of phenols is 1. The quantitative estimate of drug-likeness (QED) is 0.747. The molecular formula is C14H22N2O2. The summed E-state index contributed by atoms with van der Waals surface area (Å²) in [6, 6.07) is 4.73. The first-order chi connectivity index (χ1) is 8.48. The number of hydrogen-bond acceptors (Lipinski definition) is 3. The molecule has 0 fully saturated rings. The average molecular weight is 250 g/mol. The molecule has 0 radical (unpaired) electrons. The molecule has 0 aliphatic heterocycles. The van der Waals surface area contributed by atoms with E-state index in [1.54, 1.807) is 19.1 Å². The molecule has 100 valence electrons. The Hall–Kier alpha value is -1.55. The average Bonchev–Trinajstić information content (AvgIpc) is 2.36. The van der Waals surface area contributed by atoms with E-state index in [1.165, 1.54) is 6.07 Å². The van der Waals surface area contributed by atoms with Crippen molar-refractivity contribution in [3.63, 3.8) is 0 Å². The summed E-state index contributed by atoms with van der Waals surface area (Å²) in [6.07, 6.45) is 1.59. The molecule has 0 aromatic heterocycles. The van der Waals surface area contributed by atoms with Gasteiger partial charge in [-0.25, -0.2) is 0 Å². The maximum atomic E-state index is 12.2. The molecule has 0 aliphatic rings. The number of phenolic OH excluding ortho intramolecular Hbond substituents is 1. The van der Waals surface area contributed by atoms with Gasteiger partial charge >= 0.3 is 0 Å². The Balaban J connectivity index is 2.94. The van der Waals surface area contributed by atoms with Crippen LogP contribution in [-0.2, 0) is 0 Å². The van der Waals surface area contributed by atoms with Crippen LogP contribution in [0.3, 0.4) is 0 Å². The van der Waals surface area contributed by atoms with Crippen LogP contribution >= 0.6 is 0 Å². The molecular weight excluding hydrogens is 228 g/mol. The lowest BCUT2D eigenvalue weighted by atomic mass is 9.92. The van der Waals surface area contributed by atoms with E-state index in [4.69, 9.17) is 5.73 Å². The maximum Gasteiger partial charge on any atom is 0.252 e. The molecule has 4 nitrogen and oxygen atoms in total. The lowest BCUT2D eigenvalue weighted by Crippen LogP contribution is -2.53. The zero-order valence-electron chi connectivity index (χ0n) is 11.3. The highest BCUT2D eigenvalue weighted by molar-refractivity contribution is 5.96. The van der Waals surface area contributed by atoms with Crippen LogP contribution < -0.4 is 11.1 Å². The zero-order valence-corrected chi connectivity index (χ0v) is 11.3. The van der Waals surface area contributed by atoms with Gasteiger partial charge < -0.3 is 16.2 Å². The molecule has 0 heterocycles. The highest BCUT2D eigenvalue weighted by atomic mass is 16.3. The van der Waals surface area contributed by atoms with Crippen LogP contribution in [-0.4, -0.2) is 23.1 Å². The van der Waals surface area contributed by atoms with Crippen molar-refractivity contribution < 1.29 is 9.90 Å². The third-order valence-electron chi connectivity index (χ3n) is 3.58. The third kappa shape index (κ3) is 3.01. The molecule has 1 aromatic carbocycles. The van der Waals surface area contributed by atoms with E-state index in [0.717, 1.165) is 18.4 Å². The lowest BCUT2D eigenvalue weighted by Gasteiger charge is -2.31. The summed E-state index contributed by atoms with van der Waals surface area (Å²) in [5.74, 6) is 0.0294. The van der Waals surface area contributed by atoms with Crippen molar-refractivity contribution in [2.45, 2.75) is 39.2 Å². The molecule has 1 rings (SSSR count). The molecule has 0 atom stereocenters. The van der Waals surface area contributed by atoms with Crippen molar-refractivity contribution >= 4 is 5.91 Å². The minimum absolute atomic E-state index is 0.137.